The maximum atomic E-state index is 12.1. The van der Waals surface area contributed by atoms with Crippen molar-refractivity contribution in [3.63, 3.8) is 0 Å². The molecule has 1 aromatic heterocycles. The van der Waals surface area contributed by atoms with Crippen molar-refractivity contribution in [2.75, 3.05) is 6.54 Å². The number of aryl methyl sites for hydroxylation is 3. The normalized spacial score (nSPS) is 12.0. The second kappa shape index (κ2) is 8.06. The molecule has 1 atom stereocenters. The summed E-state index contributed by atoms with van der Waals surface area (Å²) in [4.78, 5) is 12.1. The maximum absolute atomic E-state index is 12.1. The Kier molecular flexibility index (Phi) is 6.11. The SMILES string of the molecule is Cc1cc(OC(C)C(=O)NCCCc2ccco2)cc(C)c1Cl. The molecule has 2 aromatic rings. The summed E-state index contributed by atoms with van der Waals surface area (Å²) in [6, 6.07) is 7.48. The Balaban J connectivity index is 1.78. The first-order chi connectivity index (χ1) is 11.0. The van der Waals surface area contributed by atoms with Crippen molar-refractivity contribution < 1.29 is 13.9 Å². The van der Waals surface area contributed by atoms with Gasteiger partial charge in [0, 0.05) is 18.0 Å². The van der Waals surface area contributed by atoms with Crippen LogP contribution in [-0.2, 0) is 11.2 Å². The van der Waals surface area contributed by atoms with Crippen LogP contribution in [-0.4, -0.2) is 18.6 Å². The van der Waals surface area contributed by atoms with Gasteiger partial charge < -0.3 is 14.5 Å². The largest absolute Gasteiger partial charge is 0.481 e. The number of nitrogens with one attached hydrogen (secondary N) is 1. The minimum absolute atomic E-state index is 0.130. The second-order valence-electron chi connectivity index (χ2n) is 5.61. The predicted octanol–water partition coefficient (Wildman–Crippen LogP) is 4.07. The number of rotatable bonds is 7. The molecule has 0 fully saturated rings. The Morgan fingerprint density at radius 3 is 2.65 bits per heavy atom. The lowest BCUT2D eigenvalue weighted by atomic mass is 10.1. The Labute approximate surface area is 141 Å². The van der Waals surface area contributed by atoms with Gasteiger partial charge in [-0.05, 0) is 62.6 Å². The van der Waals surface area contributed by atoms with E-state index in [1.807, 2.05) is 38.1 Å². The third kappa shape index (κ3) is 5.03. The number of hydrogen-bond acceptors (Lipinski definition) is 3. The van der Waals surface area contributed by atoms with Gasteiger partial charge in [-0.2, -0.15) is 0 Å². The van der Waals surface area contributed by atoms with E-state index in [1.54, 1.807) is 13.2 Å². The lowest BCUT2D eigenvalue weighted by Crippen LogP contribution is -2.37. The number of carbonyl (C=O) groups is 1. The molecule has 0 aliphatic heterocycles. The van der Waals surface area contributed by atoms with Crippen LogP contribution in [0.2, 0.25) is 5.02 Å². The zero-order chi connectivity index (χ0) is 16.8. The molecular weight excluding hydrogens is 314 g/mol. The average Bonchev–Trinajstić information content (AvgIpc) is 3.02. The van der Waals surface area contributed by atoms with Gasteiger partial charge in [-0.25, -0.2) is 0 Å². The van der Waals surface area contributed by atoms with Gasteiger partial charge in [0.05, 0.1) is 6.26 Å². The van der Waals surface area contributed by atoms with Gasteiger partial charge in [0.15, 0.2) is 6.10 Å². The van der Waals surface area contributed by atoms with E-state index in [1.165, 1.54) is 0 Å². The third-order valence-electron chi connectivity index (χ3n) is 3.57. The number of furan rings is 1. The summed E-state index contributed by atoms with van der Waals surface area (Å²) in [5.74, 6) is 1.45. The van der Waals surface area contributed by atoms with Gasteiger partial charge in [-0.3, -0.25) is 4.79 Å². The van der Waals surface area contributed by atoms with E-state index < -0.39 is 6.10 Å². The zero-order valence-corrected chi connectivity index (χ0v) is 14.4. The summed E-state index contributed by atoms with van der Waals surface area (Å²) < 4.78 is 11.0. The fourth-order valence-corrected chi connectivity index (χ4v) is 2.41. The predicted molar refractivity (Wildman–Crippen MR) is 91.1 cm³/mol. The second-order valence-corrected chi connectivity index (χ2v) is 5.98. The van der Waals surface area contributed by atoms with Gasteiger partial charge in [0.25, 0.3) is 5.91 Å². The Hall–Kier alpha value is -1.94. The standard InChI is InChI=1S/C18H22ClNO3/c1-12-10-16(11-13(2)17(12)19)23-14(3)18(21)20-8-4-6-15-7-5-9-22-15/h5,7,9-11,14H,4,6,8H2,1-3H3,(H,20,21). The Morgan fingerprint density at radius 2 is 2.04 bits per heavy atom. The zero-order valence-electron chi connectivity index (χ0n) is 13.7. The summed E-state index contributed by atoms with van der Waals surface area (Å²) in [6.07, 6.45) is 2.72. The van der Waals surface area contributed by atoms with Crippen LogP contribution < -0.4 is 10.1 Å². The van der Waals surface area contributed by atoms with Crippen molar-refractivity contribution in [1.82, 2.24) is 5.32 Å². The number of benzene rings is 1. The van der Waals surface area contributed by atoms with Crippen molar-refractivity contribution in [2.24, 2.45) is 0 Å². The number of hydrogen-bond donors (Lipinski definition) is 1. The molecule has 0 spiro atoms. The molecule has 124 valence electrons. The van der Waals surface area contributed by atoms with Crippen LogP contribution >= 0.6 is 11.6 Å². The van der Waals surface area contributed by atoms with E-state index in [0.717, 1.165) is 34.8 Å². The summed E-state index contributed by atoms with van der Waals surface area (Å²) in [7, 11) is 0. The van der Waals surface area contributed by atoms with Gasteiger partial charge >= 0.3 is 0 Å². The lowest BCUT2D eigenvalue weighted by Gasteiger charge is -2.16. The molecular formula is C18H22ClNO3. The highest BCUT2D eigenvalue weighted by atomic mass is 35.5. The van der Waals surface area contributed by atoms with Crippen LogP contribution in [0.4, 0.5) is 0 Å². The molecule has 1 N–H and O–H groups in total. The third-order valence-corrected chi connectivity index (χ3v) is 4.17. The maximum Gasteiger partial charge on any atom is 0.260 e. The molecule has 1 heterocycles. The first-order valence-electron chi connectivity index (χ1n) is 7.71. The fraction of sp³-hybridized carbons (Fsp3) is 0.389. The van der Waals surface area contributed by atoms with Crippen LogP contribution in [0.25, 0.3) is 0 Å². The number of carbonyl (C=O) groups excluding carboxylic acids is 1. The highest BCUT2D eigenvalue weighted by Gasteiger charge is 2.15. The Bertz CT molecular complexity index is 629. The van der Waals surface area contributed by atoms with Crippen molar-refractivity contribution in [3.05, 3.63) is 52.4 Å². The summed E-state index contributed by atoms with van der Waals surface area (Å²) in [5.41, 5.74) is 1.88. The highest BCUT2D eigenvalue weighted by Crippen LogP contribution is 2.26. The van der Waals surface area contributed by atoms with E-state index in [9.17, 15) is 4.79 Å². The quantitative estimate of drug-likeness (QED) is 0.776. The molecule has 2 rings (SSSR count). The molecule has 1 amide bonds. The minimum Gasteiger partial charge on any atom is -0.481 e. The molecule has 0 aliphatic rings. The topological polar surface area (TPSA) is 51.5 Å². The van der Waals surface area contributed by atoms with Gasteiger partial charge in [0.1, 0.15) is 11.5 Å². The highest BCUT2D eigenvalue weighted by molar-refractivity contribution is 6.32. The minimum atomic E-state index is -0.557. The monoisotopic (exact) mass is 335 g/mol. The average molecular weight is 336 g/mol. The van der Waals surface area contributed by atoms with E-state index in [-0.39, 0.29) is 5.91 Å². The first kappa shape index (κ1) is 17.4. The molecule has 0 saturated heterocycles. The Morgan fingerprint density at radius 1 is 1.35 bits per heavy atom. The fourth-order valence-electron chi connectivity index (χ4n) is 2.30. The van der Waals surface area contributed by atoms with Crippen LogP contribution in [0, 0.1) is 13.8 Å². The number of ether oxygens (including phenoxy) is 1. The van der Waals surface area contributed by atoms with Gasteiger partial charge in [0.2, 0.25) is 0 Å². The molecule has 1 unspecified atom stereocenters. The lowest BCUT2D eigenvalue weighted by molar-refractivity contribution is -0.127. The molecule has 0 bridgehead atoms. The molecule has 1 aromatic carbocycles. The smallest absolute Gasteiger partial charge is 0.260 e. The van der Waals surface area contributed by atoms with E-state index in [2.05, 4.69) is 5.32 Å². The van der Waals surface area contributed by atoms with E-state index >= 15 is 0 Å². The molecule has 0 aliphatic carbocycles. The van der Waals surface area contributed by atoms with Crippen molar-refractivity contribution >= 4 is 17.5 Å². The van der Waals surface area contributed by atoms with E-state index in [0.29, 0.717) is 12.3 Å². The van der Waals surface area contributed by atoms with Crippen LogP contribution in [0.5, 0.6) is 5.75 Å². The number of amides is 1. The van der Waals surface area contributed by atoms with Crippen molar-refractivity contribution in [1.29, 1.82) is 0 Å². The van der Waals surface area contributed by atoms with E-state index in [4.69, 9.17) is 20.8 Å². The molecule has 0 radical (unpaired) electrons. The summed E-state index contributed by atoms with van der Waals surface area (Å²) in [6.45, 7) is 6.16. The molecule has 23 heavy (non-hydrogen) atoms. The summed E-state index contributed by atoms with van der Waals surface area (Å²) in [5, 5.41) is 3.60. The van der Waals surface area contributed by atoms with Crippen molar-refractivity contribution in [2.45, 2.75) is 39.7 Å². The molecule has 4 nitrogen and oxygen atoms in total. The van der Waals surface area contributed by atoms with Crippen molar-refractivity contribution in [3.8, 4) is 5.75 Å². The van der Waals surface area contributed by atoms with Crippen LogP contribution in [0.15, 0.2) is 34.9 Å². The summed E-state index contributed by atoms with van der Waals surface area (Å²) >= 11 is 6.13. The van der Waals surface area contributed by atoms with Gasteiger partial charge in [-0.1, -0.05) is 11.6 Å². The molecule has 5 heteroatoms. The number of halogens is 1. The molecule has 0 saturated carbocycles. The van der Waals surface area contributed by atoms with Gasteiger partial charge in [-0.15, -0.1) is 0 Å². The first-order valence-corrected chi connectivity index (χ1v) is 8.08. The van der Waals surface area contributed by atoms with Crippen LogP contribution in [0.1, 0.15) is 30.2 Å². The van der Waals surface area contributed by atoms with Crippen LogP contribution in [0.3, 0.4) is 0 Å².